The van der Waals surface area contributed by atoms with Crippen LogP contribution in [0.3, 0.4) is 0 Å². The van der Waals surface area contributed by atoms with Crippen molar-refractivity contribution in [3.05, 3.63) is 65.2 Å². The summed E-state index contributed by atoms with van der Waals surface area (Å²) in [5.41, 5.74) is 1.08. The fourth-order valence-corrected chi connectivity index (χ4v) is 3.45. The first-order chi connectivity index (χ1) is 18.5. The lowest BCUT2D eigenvalue weighted by Gasteiger charge is -2.23. The molecule has 1 atom stereocenters. The van der Waals surface area contributed by atoms with Crippen molar-refractivity contribution in [2.45, 2.75) is 65.7 Å². The van der Waals surface area contributed by atoms with Gasteiger partial charge in [-0.3, -0.25) is 4.79 Å². The van der Waals surface area contributed by atoms with Gasteiger partial charge in [-0.1, -0.05) is 42.5 Å². The van der Waals surface area contributed by atoms with Crippen LogP contribution in [-0.4, -0.2) is 55.5 Å². The minimum absolute atomic E-state index is 0.0287. The Hall–Kier alpha value is -4.08. The summed E-state index contributed by atoms with van der Waals surface area (Å²) >= 11 is 0. The second-order valence-electron chi connectivity index (χ2n) is 9.51. The molecule has 1 unspecified atom stereocenters. The highest BCUT2D eigenvalue weighted by atomic mass is 16.6. The van der Waals surface area contributed by atoms with E-state index in [1.54, 1.807) is 52.8 Å². The maximum Gasteiger partial charge on any atom is 0.408 e. The third kappa shape index (κ3) is 11.9. The van der Waals surface area contributed by atoms with Gasteiger partial charge >= 0.3 is 24.0 Å². The number of esters is 3. The molecule has 0 fully saturated rings. The molecule has 1 amide bonds. The summed E-state index contributed by atoms with van der Waals surface area (Å²) in [7, 11) is 0. The number of hydrogen-bond donors (Lipinski definition) is 1. The zero-order chi connectivity index (χ0) is 28.8. The third-order valence-electron chi connectivity index (χ3n) is 5.06. The van der Waals surface area contributed by atoms with Gasteiger partial charge in [-0.25, -0.2) is 14.4 Å². The van der Waals surface area contributed by atoms with Crippen LogP contribution in [0.15, 0.2) is 48.5 Å². The highest BCUT2D eigenvalue weighted by Gasteiger charge is 2.26. The van der Waals surface area contributed by atoms with Gasteiger partial charge in [-0.2, -0.15) is 0 Å². The predicted octanol–water partition coefficient (Wildman–Crippen LogP) is 3.91. The first kappa shape index (κ1) is 31.1. The lowest BCUT2D eigenvalue weighted by atomic mass is 10.0. The van der Waals surface area contributed by atoms with Crippen LogP contribution in [0.25, 0.3) is 0 Å². The van der Waals surface area contributed by atoms with E-state index in [1.165, 1.54) is 0 Å². The number of carbonyl (C=O) groups is 4. The number of benzene rings is 2. The van der Waals surface area contributed by atoms with Crippen molar-refractivity contribution in [2.24, 2.45) is 0 Å². The van der Waals surface area contributed by atoms with Crippen LogP contribution in [-0.2, 0) is 52.8 Å². The topological polar surface area (TPSA) is 126 Å². The highest BCUT2D eigenvalue weighted by Crippen LogP contribution is 2.23. The van der Waals surface area contributed by atoms with Crippen LogP contribution in [0, 0.1) is 0 Å². The molecule has 0 radical (unpaired) electrons. The number of carbonyl (C=O) groups excluding carboxylic acids is 4. The van der Waals surface area contributed by atoms with E-state index in [0.717, 1.165) is 5.56 Å². The van der Waals surface area contributed by atoms with E-state index in [-0.39, 0.29) is 39.3 Å². The minimum atomic E-state index is -1.08. The summed E-state index contributed by atoms with van der Waals surface area (Å²) in [6.45, 7) is 8.63. The van der Waals surface area contributed by atoms with Crippen molar-refractivity contribution < 1.29 is 42.9 Å². The Balaban J connectivity index is 2.26. The number of rotatable bonds is 13. The molecule has 0 saturated carbocycles. The zero-order valence-corrected chi connectivity index (χ0v) is 23.1. The molecule has 0 bridgehead atoms. The first-order valence-electron chi connectivity index (χ1n) is 12.8. The van der Waals surface area contributed by atoms with Crippen molar-refractivity contribution in [3.63, 3.8) is 0 Å². The molecule has 10 nitrogen and oxygen atoms in total. The molecule has 1 N–H and O–H groups in total. The summed E-state index contributed by atoms with van der Waals surface area (Å²) in [5.74, 6) is -1.39. The molecule has 0 spiro atoms. The maximum atomic E-state index is 13.0. The van der Waals surface area contributed by atoms with Crippen LogP contribution in [0.4, 0.5) is 4.79 Å². The molecule has 39 heavy (non-hydrogen) atoms. The van der Waals surface area contributed by atoms with Crippen molar-refractivity contribution >= 4 is 24.0 Å². The molecule has 2 aromatic carbocycles. The monoisotopic (exact) mass is 543 g/mol. The number of amides is 1. The largest absolute Gasteiger partial charge is 0.482 e. The summed E-state index contributed by atoms with van der Waals surface area (Å²) in [5, 5.41) is 2.59. The van der Waals surface area contributed by atoms with Gasteiger partial charge in [0.2, 0.25) is 0 Å². The van der Waals surface area contributed by atoms with Crippen molar-refractivity contribution in [3.8, 4) is 5.75 Å². The molecule has 0 aromatic heterocycles. The summed E-state index contributed by atoms with van der Waals surface area (Å²) in [6, 6.07) is 13.0. The summed E-state index contributed by atoms with van der Waals surface area (Å²) in [4.78, 5) is 49.5. The maximum absolute atomic E-state index is 13.0. The Morgan fingerprint density at radius 1 is 0.846 bits per heavy atom. The van der Waals surface area contributed by atoms with Crippen LogP contribution in [0.1, 0.15) is 51.3 Å². The van der Waals surface area contributed by atoms with Crippen molar-refractivity contribution in [2.75, 3.05) is 19.8 Å². The van der Waals surface area contributed by atoms with E-state index in [9.17, 15) is 19.2 Å². The Morgan fingerprint density at radius 2 is 1.51 bits per heavy atom. The van der Waals surface area contributed by atoms with Gasteiger partial charge in [-0.05, 0) is 51.8 Å². The van der Waals surface area contributed by atoms with Crippen molar-refractivity contribution in [1.82, 2.24) is 5.32 Å². The van der Waals surface area contributed by atoms with E-state index in [2.05, 4.69) is 5.32 Å². The molecule has 0 aliphatic rings. The molecular weight excluding hydrogens is 506 g/mol. The van der Waals surface area contributed by atoms with Gasteiger partial charge in [0, 0.05) is 12.0 Å². The van der Waals surface area contributed by atoms with Gasteiger partial charge in [0.15, 0.2) is 6.61 Å². The second kappa shape index (κ2) is 15.4. The third-order valence-corrected chi connectivity index (χ3v) is 5.06. The van der Waals surface area contributed by atoms with Gasteiger partial charge in [0.05, 0.1) is 19.6 Å². The van der Waals surface area contributed by atoms with Crippen LogP contribution < -0.4 is 10.1 Å². The van der Waals surface area contributed by atoms with Crippen LogP contribution in [0.5, 0.6) is 5.75 Å². The fraction of sp³-hybridized carbons (Fsp3) is 0.448. The second-order valence-corrected chi connectivity index (χ2v) is 9.51. The predicted molar refractivity (Wildman–Crippen MR) is 142 cm³/mol. The number of nitrogens with one attached hydrogen (secondary N) is 1. The van der Waals surface area contributed by atoms with E-state index in [0.29, 0.717) is 16.9 Å². The van der Waals surface area contributed by atoms with Gasteiger partial charge in [-0.15, -0.1) is 0 Å². The average Bonchev–Trinajstić information content (AvgIpc) is 2.86. The lowest BCUT2D eigenvalue weighted by molar-refractivity contribution is -0.147. The number of ether oxygens (including phenoxy) is 5. The van der Waals surface area contributed by atoms with E-state index >= 15 is 0 Å². The quantitative estimate of drug-likeness (QED) is 0.295. The van der Waals surface area contributed by atoms with E-state index in [1.807, 2.05) is 30.3 Å². The van der Waals surface area contributed by atoms with Gasteiger partial charge in [0.1, 0.15) is 24.0 Å². The Bertz CT molecular complexity index is 1110. The molecule has 212 valence electrons. The molecule has 2 rings (SSSR count). The molecule has 10 heteroatoms. The van der Waals surface area contributed by atoms with Gasteiger partial charge < -0.3 is 29.0 Å². The summed E-state index contributed by atoms with van der Waals surface area (Å²) in [6.07, 6.45) is -0.853. The van der Waals surface area contributed by atoms with Crippen LogP contribution >= 0.6 is 0 Å². The molecule has 0 saturated heterocycles. The smallest absolute Gasteiger partial charge is 0.408 e. The SMILES string of the molecule is CCOC(=O)COc1ccc(CC(NC(=O)OC(C)(C)C)C(=O)OCc2ccccc2)cc1CC(=O)OCC. The number of hydrogen-bond acceptors (Lipinski definition) is 9. The Morgan fingerprint density at radius 3 is 2.15 bits per heavy atom. The molecular formula is C29H37NO9. The average molecular weight is 544 g/mol. The minimum Gasteiger partial charge on any atom is -0.482 e. The highest BCUT2D eigenvalue weighted by molar-refractivity contribution is 5.82. The Kier molecular flexibility index (Phi) is 12.3. The van der Waals surface area contributed by atoms with Crippen LogP contribution in [0.2, 0.25) is 0 Å². The first-order valence-corrected chi connectivity index (χ1v) is 12.8. The standard InChI is InChI=1S/C29H37NO9/c1-6-35-25(31)17-22-15-21(13-14-24(22)37-19-26(32)36-7-2)16-23(30-28(34)39-29(3,4)5)27(33)38-18-20-11-9-8-10-12-20/h8-15,23H,6-7,16-19H2,1-5H3,(H,30,34). The van der Waals surface area contributed by atoms with Gasteiger partial charge in [0.25, 0.3) is 0 Å². The lowest BCUT2D eigenvalue weighted by Crippen LogP contribution is -2.45. The molecule has 2 aromatic rings. The zero-order valence-electron chi connectivity index (χ0n) is 23.1. The van der Waals surface area contributed by atoms with Crippen molar-refractivity contribution in [1.29, 1.82) is 0 Å². The molecule has 0 aliphatic heterocycles. The van der Waals surface area contributed by atoms with E-state index < -0.39 is 35.6 Å². The Labute approximate surface area is 228 Å². The fourth-order valence-electron chi connectivity index (χ4n) is 3.45. The normalized spacial score (nSPS) is 11.6. The summed E-state index contributed by atoms with van der Waals surface area (Å²) < 4.78 is 26.3. The van der Waals surface area contributed by atoms with E-state index in [4.69, 9.17) is 23.7 Å². The number of alkyl carbamates (subject to hydrolysis) is 1. The molecule has 0 aliphatic carbocycles. The molecule has 0 heterocycles.